The molecule has 2 aromatic heterocycles. The van der Waals surface area contributed by atoms with Gasteiger partial charge in [-0.15, -0.1) is 0 Å². The van der Waals surface area contributed by atoms with Gasteiger partial charge in [-0.1, -0.05) is 25.4 Å². The number of aromatic nitrogens is 4. The normalized spacial score (nSPS) is 19.6. The molecule has 1 fully saturated rings. The van der Waals surface area contributed by atoms with Crippen molar-refractivity contribution in [1.82, 2.24) is 24.8 Å². The third kappa shape index (κ3) is 6.86. The molecule has 0 unspecified atom stereocenters. The molecule has 3 aromatic rings. The van der Waals surface area contributed by atoms with E-state index < -0.39 is 11.7 Å². The fraction of sp³-hybridized carbons (Fsp3) is 0.500. The topological polar surface area (TPSA) is 87.2 Å². The zero-order chi connectivity index (χ0) is 29.0. The lowest BCUT2D eigenvalue weighted by molar-refractivity contribution is -0.137. The van der Waals surface area contributed by atoms with Crippen LogP contribution in [-0.4, -0.2) is 55.2 Å². The standard InChI is InChI=1S/C28H34ClF3N6O2/c1-5-22-10-24(11-23(6-2)38(22)27(39)40-17(3)4)37(15-18-7-20(28(30,31)32)9-21(29)8-18)26-34-12-19(13-35-26)25-14-33-16-36-25/h7-9,12-14,16-17,22-24H,5-6,10-11,15H2,1-4H3,(H,33,36)/t22-,23+,24-. The molecule has 1 aliphatic rings. The summed E-state index contributed by atoms with van der Waals surface area (Å²) >= 11 is 6.12. The highest BCUT2D eigenvalue weighted by Gasteiger charge is 2.41. The molecule has 40 heavy (non-hydrogen) atoms. The molecule has 1 aliphatic heterocycles. The van der Waals surface area contributed by atoms with Crippen LogP contribution in [0.5, 0.6) is 0 Å². The SMILES string of the molecule is CC[C@@H]1C[C@@H](N(Cc2cc(Cl)cc(C(F)(F)F)c2)c2ncc(-c3c[nH]cn3)cn2)C[C@H](CC)N1C(=O)OC(C)C. The second kappa shape index (κ2) is 12.4. The van der Waals surface area contributed by atoms with Crippen LogP contribution in [0.25, 0.3) is 11.3 Å². The minimum absolute atomic E-state index is 0.00342. The highest BCUT2D eigenvalue weighted by molar-refractivity contribution is 6.30. The second-order valence-corrected chi connectivity index (χ2v) is 10.7. The van der Waals surface area contributed by atoms with E-state index in [4.69, 9.17) is 16.3 Å². The molecule has 3 atom stereocenters. The molecule has 1 aromatic carbocycles. The minimum atomic E-state index is -4.53. The number of piperidine rings is 1. The molecule has 0 aliphatic carbocycles. The monoisotopic (exact) mass is 578 g/mol. The summed E-state index contributed by atoms with van der Waals surface area (Å²) < 4.78 is 46.3. The van der Waals surface area contributed by atoms with Gasteiger partial charge in [-0.3, -0.25) is 0 Å². The van der Waals surface area contributed by atoms with Crippen LogP contribution in [0.15, 0.2) is 43.1 Å². The molecule has 0 bridgehead atoms. The number of amides is 1. The van der Waals surface area contributed by atoms with Crippen molar-refractivity contribution in [3.8, 4) is 11.3 Å². The summed E-state index contributed by atoms with van der Waals surface area (Å²) in [6.45, 7) is 7.78. The number of imidazole rings is 1. The number of benzene rings is 1. The first-order chi connectivity index (χ1) is 19.0. The number of hydrogen-bond acceptors (Lipinski definition) is 6. The molecule has 1 saturated heterocycles. The molecule has 12 heteroatoms. The van der Waals surface area contributed by atoms with Gasteiger partial charge in [0.1, 0.15) is 0 Å². The molecule has 0 saturated carbocycles. The fourth-order valence-corrected chi connectivity index (χ4v) is 5.53. The maximum atomic E-state index is 13.6. The van der Waals surface area contributed by atoms with Gasteiger partial charge in [0.2, 0.25) is 5.95 Å². The average molecular weight is 579 g/mol. The maximum absolute atomic E-state index is 13.6. The molecule has 0 spiro atoms. The Labute approximate surface area is 236 Å². The Morgan fingerprint density at radius 2 is 1.77 bits per heavy atom. The summed E-state index contributed by atoms with van der Waals surface area (Å²) in [4.78, 5) is 33.1. The summed E-state index contributed by atoms with van der Waals surface area (Å²) in [5.74, 6) is 0.376. The zero-order valence-corrected chi connectivity index (χ0v) is 23.7. The van der Waals surface area contributed by atoms with Gasteiger partial charge in [0.05, 0.1) is 23.7 Å². The molecule has 8 nitrogen and oxygen atoms in total. The smallest absolute Gasteiger partial charge is 0.416 e. The summed E-state index contributed by atoms with van der Waals surface area (Å²) in [5, 5.41) is 0.00342. The van der Waals surface area contributed by atoms with Gasteiger partial charge in [0.15, 0.2) is 0 Å². The Kier molecular flexibility index (Phi) is 9.22. The number of alkyl halides is 3. The molecule has 1 amide bonds. The van der Waals surface area contributed by atoms with Crippen LogP contribution in [0.4, 0.5) is 23.9 Å². The van der Waals surface area contributed by atoms with Gasteiger partial charge in [-0.05, 0) is 63.3 Å². The highest BCUT2D eigenvalue weighted by Crippen LogP contribution is 2.36. The van der Waals surface area contributed by atoms with Gasteiger partial charge < -0.3 is 19.5 Å². The van der Waals surface area contributed by atoms with E-state index in [-0.39, 0.29) is 41.9 Å². The molecule has 3 heterocycles. The number of nitrogens with zero attached hydrogens (tertiary/aromatic N) is 5. The largest absolute Gasteiger partial charge is 0.447 e. The lowest BCUT2D eigenvalue weighted by Crippen LogP contribution is -2.57. The Morgan fingerprint density at radius 3 is 2.30 bits per heavy atom. The first-order valence-corrected chi connectivity index (χ1v) is 13.8. The van der Waals surface area contributed by atoms with Gasteiger partial charge in [0, 0.05) is 53.8 Å². The third-order valence-corrected chi connectivity index (χ3v) is 7.35. The molecule has 1 N–H and O–H groups in total. The van der Waals surface area contributed by atoms with Crippen molar-refractivity contribution in [2.24, 2.45) is 0 Å². The summed E-state index contributed by atoms with van der Waals surface area (Å²) in [6.07, 6.45) is 4.01. The number of rotatable bonds is 8. The van der Waals surface area contributed by atoms with Crippen molar-refractivity contribution in [3.63, 3.8) is 0 Å². The number of carbonyl (C=O) groups excluding carboxylic acids is 1. The van der Waals surface area contributed by atoms with E-state index in [1.807, 2.05) is 37.5 Å². The van der Waals surface area contributed by atoms with E-state index in [0.717, 1.165) is 12.1 Å². The van der Waals surface area contributed by atoms with E-state index in [0.29, 0.717) is 48.5 Å². The highest BCUT2D eigenvalue weighted by atomic mass is 35.5. The van der Waals surface area contributed by atoms with E-state index in [1.165, 1.54) is 6.07 Å². The predicted octanol–water partition coefficient (Wildman–Crippen LogP) is 7.11. The molecule has 0 radical (unpaired) electrons. The average Bonchev–Trinajstić information content (AvgIpc) is 3.45. The number of likely N-dealkylation sites (tertiary alicyclic amines) is 1. The van der Waals surface area contributed by atoms with E-state index >= 15 is 0 Å². The van der Waals surface area contributed by atoms with Gasteiger partial charge >= 0.3 is 12.3 Å². The van der Waals surface area contributed by atoms with Crippen molar-refractivity contribution in [2.45, 2.75) is 90.3 Å². The lowest BCUT2D eigenvalue weighted by atomic mass is 9.87. The third-order valence-electron chi connectivity index (χ3n) is 7.13. The van der Waals surface area contributed by atoms with Gasteiger partial charge in [-0.25, -0.2) is 19.7 Å². The number of aromatic amines is 1. The number of anilines is 1. The van der Waals surface area contributed by atoms with Gasteiger partial charge in [0.25, 0.3) is 0 Å². The van der Waals surface area contributed by atoms with Crippen LogP contribution < -0.4 is 4.90 Å². The molecular formula is C28H34ClF3N6O2. The Bertz CT molecular complexity index is 1260. The van der Waals surface area contributed by atoms with Crippen molar-refractivity contribution in [1.29, 1.82) is 0 Å². The first-order valence-electron chi connectivity index (χ1n) is 13.4. The number of halogens is 4. The molecular weight excluding hydrogens is 545 g/mol. The molecule has 216 valence electrons. The molecule has 4 rings (SSSR count). The summed E-state index contributed by atoms with van der Waals surface area (Å²) in [5.41, 5.74) is 0.962. The predicted molar refractivity (Wildman–Crippen MR) is 147 cm³/mol. The lowest BCUT2D eigenvalue weighted by Gasteiger charge is -2.47. The van der Waals surface area contributed by atoms with Crippen LogP contribution in [-0.2, 0) is 17.5 Å². The number of H-pyrrole nitrogens is 1. The fourth-order valence-electron chi connectivity index (χ4n) is 5.28. The van der Waals surface area contributed by atoms with Crippen molar-refractivity contribution in [3.05, 3.63) is 59.3 Å². The van der Waals surface area contributed by atoms with Crippen molar-refractivity contribution in [2.75, 3.05) is 4.90 Å². The van der Waals surface area contributed by atoms with Crippen LogP contribution >= 0.6 is 11.6 Å². The van der Waals surface area contributed by atoms with Crippen molar-refractivity contribution >= 4 is 23.6 Å². The summed E-state index contributed by atoms with van der Waals surface area (Å²) in [7, 11) is 0. The van der Waals surface area contributed by atoms with E-state index in [2.05, 4.69) is 19.9 Å². The van der Waals surface area contributed by atoms with Crippen LogP contribution in [0.1, 0.15) is 64.5 Å². The Hall–Kier alpha value is -3.34. The quantitative estimate of drug-likeness (QED) is 0.306. The van der Waals surface area contributed by atoms with E-state index in [9.17, 15) is 18.0 Å². The van der Waals surface area contributed by atoms with E-state index in [1.54, 1.807) is 24.9 Å². The number of hydrogen-bond donors (Lipinski definition) is 1. The van der Waals surface area contributed by atoms with Crippen LogP contribution in [0.2, 0.25) is 5.02 Å². The Morgan fingerprint density at radius 1 is 1.12 bits per heavy atom. The van der Waals surface area contributed by atoms with Crippen molar-refractivity contribution < 1.29 is 22.7 Å². The number of nitrogens with one attached hydrogen (secondary N) is 1. The maximum Gasteiger partial charge on any atom is 0.416 e. The minimum Gasteiger partial charge on any atom is -0.447 e. The van der Waals surface area contributed by atoms with Crippen LogP contribution in [0, 0.1) is 0 Å². The second-order valence-electron chi connectivity index (χ2n) is 10.3. The zero-order valence-electron chi connectivity index (χ0n) is 23.0. The van der Waals surface area contributed by atoms with Gasteiger partial charge in [-0.2, -0.15) is 13.2 Å². The van der Waals surface area contributed by atoms with Crippen LogP contribution in [0.3, 0.4) is 0 Å². The summed E-state index contributed by atoms with van der Waals surface area (Å²) in [6, 6.07) is 3.18. The Balaban J connectivity index is 1.70. The first kappa shape index (κ1) is 29.6. The number of carbonyl (C=O) groups is 1. The number of ether oxygens (including phenoxy) is 1.